The molecule has 1 aromatic carbocycles. The second kappa shape index (κ2) is 9.53. The molecule has 0 saturated carbocycles. The Bertz CT molecular complexity index is 613. The molecular formula is C21H29N3O2. The molecule has 0 atom stereocenters. The molecular weight excluding hydrogens is 326 g/mol. The van der Waals surface area contributed by atoms with Crippen molar-refractivity contribution in [2.24, 2.45) is 0 Å². The van der Waals surface area contributed by atoms with E-state index in [0.717, 1.165) is 44.6 Å². The summed E-state index contributed by atoms with van der Waals surface area (Å²) < 4.78 is 0. The van der Waals surface area contributed by atoms with Gasteiger partial charge in [-0.25, -0.2) is 0 Å². The third kappa shape index (κ3) is 5.43. The zero-order valence-electron chi connectivity index (χ0n) is 15.5. The monoisotopic (exact) mass is 355 g/mol. The summed E-state index contributed by atoms with van der Waals surface area (Å²) in [7, 11) is 0. The number of amides is 2. The number of carbonyl (C=O) groups excluding carboxylic acids is 2. The summed E-state index contributed by atoms with van der Waals surface area (Å²) in [4.78, 5) is 30.9. The molecule has 2 fully saturated rings. The molecule has 2 aliphatic rings. The van der Waals surface area contributed by atoms with Gasteiger partial charge >= 0.3 is 0 Å². The van der Waals surface area contributed by atoms with Gasteiger partial charge in [0.25, 0.3) is 0 Å². The summed E-state index contributed by atoms with van der Waals surface area (Å²) in [5.74, 6) is 0.294. The van der Waals surface area contributed by atoms with Gasteiger partial charge in [-0.3, -0.25) is 14.5 Å². The van der Waals surface area contributed by atoms with Gasteiger partial charge in [0.2, 0.25) is 11.8 Å². The van der Waals surface area contributed by atoms with Gasteiger partial charge in [0.1, 0.15) is 0 Å². The van der Waals surface area contributed by atoms with Crippen LogP contribution >= 0.6 is 0 Å². The molecule has 0 aromatic heterocycles. The van der Waals surface area contributed by atoms with Crippen LogP contribution in [0.15, 0.2) is 36.4 Å². The lowest BCUT2D eigenvalue weighted by Gasteiger charge is -2.34. The van der Waals surface area contributed by atoms with E-state index in [4.69, 9.17) is 0 Å². The summed E-state index contributed by atoms with van der Waals surface area (Å²) in [5, 5.41) is 0. The van der Waals surface area contributed by atoms with Crippen LogP contribution in [0.4, 0.5) is 0 Å². The zero-order valence-corrected chi connectivity index (χ0v) is 15.5. The van der Waals surface area contributed by atoms with Crippen molar-refractivity contribution in [2.45, 2.75) is 25.7 Å². The van der Waals surface area contributed by atoms with Crippen molar-refractivity contribution in [3.05, 3.63) is 42.0 Å². The molecule has 2 saturated heterocycles. The fourth-order valence-electron chi connectivity index (χ4n) is 3.57. The van der Waals surface area contributed by atoms with E-state index < -0.39 is 0 Å². The van der Waals surface area contributed by atoms with Crippen molar-refractivity contribution >= 4 is 17.9 Å². The van der Waals surface area contributed by atoms with Gasteiger partial charge in [0.05, 0.1) is 6.54 Å². The van der Waals surface area contributed by atoms with E-state index in [1.165, 1.54) is 12.8 Å². The van der Waals surface area contributed by atoms with Crippen LogP contribution in [0.5, 0.6) is 0 Å². The predicted molar refractivity (Wildman–Crippen MR) is 104 cm³/mol. The molecule has 26 heavy (non-hydrogen) atoms. The molecule has 2 amide bonds. The van der Waals surface area contributed by atoms with Gasteiger partial charge in [-0.05, 0) is 24.5 Å². The highest BCUT2D eigenvalue weighted by atomic mass is 16.2. The normalized spacial score (nSPS) is 19.5. The molecule has 5 nitrogen and oxygen atoms in total. The van der Waals surface area contributed by atoms with E-state index >= 15 is 0 Å². The van der Waals surface area contributed by atoms with Crippen molar-refractivity contribution in [3.63, 3.8) is 0 Å². The van der Waals surface area contributed by atoms with Crippen LogP contribution in [-0.4, -0.2) is 72.3 Å². The largest absolute Gasteiger partial charge is 0.342 e. The number of nitrogens with zero attached hydrogens (tertiary/aromatic N) is 3. The molecule has 1 aromatic rings. The highest BCUT2D eigenvalue weighted by Crippen LogP contribution is 2.11. The molecule has 0 aliphatic carbocycles. The Hall–Kier alpha value is -2.14. The van der Waals surface area contributed by atoms with Gasteiger partial charge in [-0.1, -0.05) is 43.2 Å². The number of carbonyl (C=O) groups is 2. The van der Waals surface area contributed by atoms with E-state index in [1.807, 2.05) is 46.2 Å². The quantitative estimate of drug-likeness (QED) is 0.778. The second-order valence-electron chi connectivity index (χ2n) is 7.14. The Kier molecular flexibility index (Phi) is 6.83. The van der Waals surface area contributed by atoms with Crippen molar-refractivity contribution in [1.29, 1.82) is 0 Å². The first-order chi connectivity index (χ1) is 12.7. The van der Waals surface area contributed by atoms with E-state index in [0.29, 0.717) is 19.6 Å². The standard InChI is InChI=1S/C21H29N3O2/c25-20(11-10-19-8-4-3-5-9-19)24-16-14-22(15-17-24)18-21(26)23-12-6-1-2-7-13-23/h3-5,8-11H,1-2,6-7,12-18H2/b11-10+. The van der Waals surface area contributed by atoms with Crippen molar-refractivity contribution in [2.75, 3.05) is 45.8 Å². The maximum absolute atomic E-state index is 12.5. The van der Waals surface area contributed by atoms with Gasteiger partial charge in [0, 0.05) is 45.3 Å². The molecule has 0 N–H and O–H groups in total. The number of rotatable bonds is 4. The Labute approximate surface area is 156 Å². The van der Waals surface area contributed by atoms with E-state index in [1.54, 1.807) is 6.08 Å². The van der Waals surface area contributed by atoms with Gasteiger partial charge in [-0.15, -0.1) is 0 Å². The molecule has 140 valence electrons. The number of piperazine rings is 1. The van der Waals surface area contributed by atoms with Crippen LogP contribution in [0.1, 0.15) is 31.2 Å². The van der Waals surface area contributed by atoms with Crippen molar-refractivity contribution in [1.82, 2.24) is 14.7 Å². The lowest BCUT2D eigenvalue weighted by atomic mass is 10.2. The van der Waals surface area contributed by atoms with Crippen LogP contribution in [0.3, 0.4) is 0 Å². The van der Waals surface area contributed by atoms with Crippen LogP contribution in [0.25, 0.3) is 6.08 Å². The smallest absolute Gasteiger partial charge is 0.246 e. The molecule has 0 spiro atoms. The number of hydrogen-bond acceptors (Lipinski definition) is 3. The van der Waals surface area contributed by atoms with Crippen LogP contribution in [0, 0.1) is 0 Å². The van der Waals surface area contributed by atoms with E-state index in [2.05, 4.69) is 4.90 Å². The van der Waals surface area contributed by atoms with Crippen molar-refractivity contribution < 1.29 is 9.59 Å². The second-order valence-corrected chi connectivity index (χ2v) is 7.14. The highest BCUT2D eigenvalue weighted by molar-refractivity contribution is 5.91. The van der Waals surface area contributed by atoms with E-state index in [9.17, 15) is 9.59 Å². The zero-order chi connectivity index (χ0) is 18.2. The minimum absolute atomic E-state index is 0.0485. The topological polar surface area (TPSA) is 43.9 Å². The van der Waals surface area contributed by atoms with Gasteiger partial charge < -0.3 is 9.80 Å². The van der Waals surface area contributed by atoms with Crippen molar-refractivity contribution in [3.8, 4) is 0 Å². The molecule has 2 aliphatic heterocycles. The molecule has 3 rings (SSSR count). The SMILES string of the molecule is O=C(/C=C/c1ccccc1)N1CCN(CC(=O)N2CCCCCC2)CC1. The molecule has 0 radical (unpaired) electrons. The highest BCUT2D eigenvalue weighted by Gasteiger charge is 2.23. The summed E-state index contributed by atoms with van der Waals surface area (Å²) in [6.45, 7) is 5.20. The third-order valence-electron chi connectivity index (χ3n) is 5.22. The summed E-state index contributed by atoms with van der Waals surface area (Å²) in [6, 6.07) is 9.85. The van der Waals surface area contributed by atoms with Crippen LogP contribution in [0.2, 0.25) is 0 Å². The van der Waals surface area contributed by atoms with Gasteiger partial charge in [0.15, 0.2) is 0 Å². The Balaban J connectivity index is 1.42. The average Bonchev–Trinajstić information content (AvgIpc) is 2.97. The molecule has 5 heteroatoms. The lowest BCUT2D eigenvalue weighted by molar-refractivity contribution is -0.133. The summed E-state index contributed by atoms with van der Waals surface area (Å²) in [5.41, 5.74) is 1.03. The van der Waals surface area contributed by atoms with Crippen LogP contribution < -0.4 is 0 Å². The minimum Gasteiger partial charge on any atom is -0.342 e. The molecule has 0 bridgehead atoms. The van der Waals surface area contributed by atoms with Crippen LogP contribution in [-0.2, 0) is 9.59 Å². The molecule has 2 heterocycles. The average molecular weight is 355 g/mol. The summed E-state index contributed by atoms with van der Waals surface area (Å²) >= 11 is 0. The number of likely N-dealkylation sites (tertiary alicyclic amines) is 1. The maximum Gasteiger partial charge on any atom is 0.246 e. The fraction of sp³-hybridized carbons (Fsp3) is 0.524. The Morgan fingerprint density at radius 1 is 0.808 bits per heavy atom. The fourth-order valence-corrected chi connectivity index (χ4v) is 3.57. The van der Waals surface area contributed by atoms with E-state index in [-0.39, 0.29) is 11.8 Å². The number of benzene rings is 1. The first-order valence-electron chi connectivity index (χ1n) is 9.74. The third-order valence-corrected chi connectivity index (χ3v) is 5.22. The van der Waals surface area contributed by atoms with Gasteiger partial charge in [-0.2, -0.15) is 0 Å². The Morgan fingerprint density at radius 2 is 1.46 bits per heavy atom. The Morgan fingerprint density at radius 3 is 2.12 bits per heavy atom. The number of hydrogen-bond donors (Lipinski definition) is 0. The minimum atomic E-state index is 0.0485. The lowest BCUT2D eigenvalue weighted by Crippen LogP contribution is -2.51. The summed E-state index contributed by atoms with van der Waals surface area (Å²) in [6.07, 6.45) is 8.23. The predicted octanol–water partition coefficient (Wildman–Crippen LogP) is 2.25. The first kappa shape index (κ1) is 18.6. The molecule has 0 unspecified atom stereocenters. The first-order valence-corrected chi connectivity index (χ1v) is 9.74. The maximum atomic E-state index is 12.5.